The molecule has 0 amide bonds. The van der Waals surface area contributed by atoms with Crippen LogP contribution in [0.4, 0.5) is 4.39 Å². The second-order valence-electron chi connectivity index (χ2n) is 9.29. The molecule has 4 nitrogen and oxygen atoms in total. The molecule has 5 heteroatoms. The highest BCUT2D eigenvalue weighted by molar-refractivity contribution is 5.92. The fourth-order valence-corrected chi connectivity index (χ4v) is 5.02. The average molecular weight is 537 g/mol. The number of aromatic nitrogens is 3. The molecular formula is C35H41FN4. The van der Waals surface area contributed by atoms with Crippen molar-refractivity contribution in [3.05, 3.63) is 109 Å². The lowest BCUT2D eigenvalue weighted by Gasteiger charge is -2.32. The number of pyridine rings is 1. The summed E-state index contributed by atoms with van der Waals surface area (Å²) in [7, 11) is 0. The van der Waals surface area contributed by atoms with E-state index in [4.69, 9.17) is 9.97 Å². The summed E-state index contributed by atoms with van der Waals surface area (Å²) in [5, 5.41) is 10.5. The summed E-state index contributed by atoms with van der Waals surface area (Å²) in [5.74, 6) is 0.340. The van der Waals surface area contributed by atoms with Crippen molar-refractivity contribution in [3.63, 3.8) is 0 Å². The van der Waals surface area contributed by atoms with Gasteiger partial charge in [-0.05, 0) is 57.2 Å². The second-order valence-corrected chi connectivity index (χ2v) is 9.29. The Kier molecular flexibility index (Phi) is 12.9. The topological polar surface area (TPSA) is 62.5 Å². The van der Waals surface area contributed by atoms with Crippen LogP contribution in [0.2, 0.25) is 0 Å². The summed E-state index contributed by atoms with van der Waals surface area (Å²) < 4.78 is 15.0. The molecule has 2 heterocycles. The Bertz CT molecular complexity index is 1440. The molecule has 0 saturated carbocycles. The van der Waals surface area contributed by atoms with Gasteiger partial charge in [-0.2, -0.15) is 5.26 Å². The van der Waals surface area contributed by atoms with E-state index in [9.17, 15) is 9.65 Å². The monoisotopic (exact) mass is 536 g/mol. The standard InChI is InChI=1S/C30H29FN4.C3H6.C2H6/c1-5-10-20-13-14-24-28(21(6-2)26(31)7-3)34-30(35-29(24)25(20)17-19(4)18-32)23-15-16-33-27-12-9-8-11-22(23)27;1-3-2;1-2/h6-9,11-12,15-17,20,25H,2-3,5,10,13-14H2,1,4H3;3H,1H2,2H3;1-2H3/b19-17+,26-21-;;. The zero-order chi connectivity index (χ0) is 29.7. The van der Waals surface area contributed by atoms with Gasteiger partial charge in [-0.25, -0.2) is 14.4 Å². The molecule has 2 atom stereocenters. The number of rotatable bonds is 7. The quantitative estimate of drug-likeness (QED) is 0.171. The number of halogens is 1. The fraction of sp³-hybridized carbons (Fsp3) is 0.314. The summed E-state index contributed by atoms with van der Waals surface area (Å²) in [6.45, 7) is 20.7. The first kappa shape index (κ1) is 32.0. The summed E-state index contributed by atoms with van der Waals surface area (Å²) >= 11 is 0. The number of hydrogen-bond acceptors (Lipinski definition) is 4. The van der Waals surface area contributed by atoms with E-state index in [0.717, 1.165) is 53.4 Å². The van der Waals surface area contributed by atoms with Crippen molar-refractivity contribution < 1.29 is 4.39 Å². The third-order valence-electron chi connectivity index (χ3n) is 6.68. The molecule has 208 valence electrons. The van der Waals surface area contributed by atoms with Gasteiger partial charge in [0.1, 0.15) is 5.83 Å². The van der Waals surface area contributed by atoms with Crippen LogP contribution in [0, 0.1) is 17.2 Å². The minimum absolute atomic E-state index is 0.0511. The van der Waals surface area contributed by atoms with Gasteiger partial charge in [0.15, 0.2) is 5.82 Å². The van der Waals surface area contributed by atoms with Gasteiger partial charge in [0, 0.05) is 39.8 Å². The minimum atomic E-state index is -0.470. The lowest BCUT2D eigenvalue weighted by atomic mass is 9.74. The molecule has 4 rings (SSSR count). The second kappa shape index (κ2) is 16.1. The number of fused-ring (bicyclic) bond motifs is 2. The van der Waals surface area contributed by atoms with Crippen molar-refractivity contribution in [2.24, 2.45) is 5.92 Å². The zero-order valence-corrected chi connectivity index (χ0v) is 24.5. The van der Waals surface area contributed by atoms with E-state index in [0.29, 0.717) is 28.6 Å². The van der Waals surface area contributed by atoms with E-state index in [2.05, 4.69) is 37.7 Å². The van der Waals surface area contributed by atoms with Crippen molar-refractivity contribution >= 4 is 16.5 Å². The Morgan fingerprint density at radius 3 is 2.45 bits per heavy atom. The smallest absolute Gasteiger partial charge is 0.160 e. The molecule has 1 aliphatic carbocycles. The molecule has 0 bridgehead atoms. The summed E-state index contributed by atoms with van der Waals surface area (Å²) in [5.41, 5.74) is 4.95. The Morgan fingerprint density at radius 1 is 1.12 bits per heavy atom. The molecule has 0 saturated heterocycles. The maximum Gasteiger partial charge on any atom is 0.160 e. The van der Waals surface area contributed by atoms with E-state index < -0.39 is 5.83 Å². The van der Waals surface area contributed by atoms with Gasteiger partial charge in [-0.3, -0.25) is 4.98 Å². The maximum absolute atomic E-state index is 15.0. The van der Waals surface area contributed by atoms with Gasteiger partial charge in [0.2, 0.25) is 0 Å². The number of nitriles is 1. The lowest BCUT2D eigenvalue weighted by Crippen LogP contribution is -2.23. The zero-order valence-electron chi connectivity index (χ0n) is 24.5. The number of allylic oxidation sites excluding steroid dienone is 7. The predicted molar refractivity (Wildman–Crippen MR) is 167 cm³/mol. The predicted octanol–water partition coefficient (Wildman–Crippen LogP) is 9.88. The van der Waals surface area contributed by atoms with Crippen LogP contribution in [-0.2, 0) is 6.42 Å². The molecule has 2 aromatic heterocycles. The highest BCUT2D eigenvalue weighted by Gasteiger charge is 2.33. The summed E-state index contributed by atoms with van der Waals surface area (Å²) in [6.07, 6.45) is 11.9. The minimum Gasteiger partial charge on any atom is -0.256 e. The Hall–Kier alpha value is -4.17. The van der Waals surface area contributed by atoms with Crippen LogP contribution in [0.15, 0.2) is 92.0 Å². The van der Waals surface area contributed by atoms with E-state index in [1.807, 2.05) is 64.1 Å². The molecule has 40 heavy (non-hydrogen) atoms. The molecule has 0 spiro atoms. The molecule has 2 unspecified atom stereocenters. The third kappa shape index (κ3) is 7.27. The van der Waals surface area contributed by atoms with Gasteiger partial charge >= 0.3 is 0 Å². The van der Waals surface area contributed by atoms with Crippen molar-refractivity contribution in [1.82, 2.24) is 15.0 Å². The van der Waals surface area contributed by atoms with Gasteiger partial charge in [0.05, 0.1) is 23.0 Å². The number of nitrogens with zero attached hydrogens (tertiary/aromatic N) is 4. The molecular weight excluding hydrogens is 495 g/mol. The number of para-hydroxylation sites is 1. The average Bonchev–Trinajstić information content (AvgIpc) is 2.99. The van der Waals surface area contributed by atoms with Crippen LogP contribution in [0.5, 0.6) is 0 Å². The van der Waals surface area contributed by atoms with Crippen molar-refractivity contribution in [3.8, 4) is 17.5 Å². The fourth-order valence-electron chi connectivity index (χ4n) is 5.02. The van der Waals surface area contributed by atoms with Gasteiger partial charge in [0.25, 0.3) is 0 Å². The van der Waals surface area contributed by atoms with Crippen molar-refractivity contribution in [2.45, 2.75) is 66.2 Å². The van der Waals surface area contributed by atoms with Crippen LogP contribution in [0.25, 0.3) is 27.9 Å². The molecule has 0 radical (unpaired) electrons. The van der Waals surface area contributed by atoms with E-state index in [-0.39, 0.29) is 5.92 Å². The van der Waals surface area contributed by atoms with Crippen molar-refractivity contribution in [1.29, 1.82) is 5.26 Å². The first-order valence-corrected chi connectivity index (χ1v) is 14.0. The highest BCUT2D eigenvalue weighted by Crippen LogP contribution is 2.43. The number of hydrogen-bond donors (Lipinski definition) is 0. The molecule has 0 aliphatic heterocycles. The van der Waals surface area contributed by atoms with Gasteiger partial charge < -0.3 is 0 Å². The number of benzene rings is 1. The maximum atomic E-state index is 15.0. The molecule has 0 fully saturated rings. The Labute approximate surface area is 239 Å². The third-order valence-corrected chi connectivity index (χ3v) is 6.68. The molecule has 1 aliphatic rings. The highest BCUT2D eigenvalue weighted by atomic mass is 19.1. The van der Waals surface area contributed by atoms with E-state index >= 15 is 0 Å². The molecule has 3 aromatic rings. The van der Waals surface area contributed by atoms with E-state index in [1.54, 1.807) is 12.3 Å². The van der Waals surface area contributed by atoms with Crippen molar-refractivity contribution in [2.75, 3.05) is 0 Å². The molecule has 0 N–H and O–H groups in total. The van der Waals surface area contributed by atoms with Crippen LogP contribution < -0.4 is 0 Å². The first-order chi connectivity index (χ1) is 19.4. The Balaban J connectivity index is 0.00000105. The molecule has 1 aromatic carbocycles. The van der Waals surface area contributed by atoms with Crippen LogP contribution in [0.1, 0.15) is 76.8 Å². The Morgan fingerprint density at radius 2 is 1.82 bits per heavy atom. The lowest BCUT2D eigenvalue weighted by molar-refractivity contribution is 0.378. The van der Waals surface area contributed by atoms with Crippen LogP contribution in [0.3, 0.4) is 0 Å². The first-order valence-electron chi connectivity index (χ1n) is 14.0. The SMILES string of the molecule is C=C/C(F)=C(\C=C)c1nc(-c2ccnc3ccccc23)nc2c1CCC(CCC)C2/C=C(\C)C#N.C=CC.CC. The summed E-state index contributed by atoms with van der Waals surface area (Å²) in [4.78, 5) is 14.5. The summed E-state index contributed by atoms with van der Waals surface area (Å²) in [6, 6.07) is 12.0. The van der Waals surface area contributed by atoms with Gasteiger partial charge in [-0.1, -0.05) is 76.8 Å². The van der Waals surface area contributed by atoms with Crippen LogP contribution in [-0.4, -0.2) is 15.0 Å². The van der Waals surface area contributed by atoms with E-state index in [1.165, 1.54) is 12.2 Å². The normalized spacial score (nSPS) is 16.6. The van der Waals surface area contributed by atoms with Gasteiger partial charge in [-0.15, -0.1) is 6.58 Å². The van der Waals surface area contributed by atoms with Crippen LogP contribution >= 0.6 is 0 Å². The largest absolute Gasteiger partial charge is 0.256 e.